The third kappa shape index (κ3) is 8.97. The van der Waals surface area contributed by atoms with Crippen LogP contribution in [0.15, 0.2) is 46.9 Å². The molecule has 24 heteroatoms. The van der Waals surface area contributed by atoms with Crippen molar-refractivity contribution in [2.75, 3.05) is 5.32 Å². The van der Waals surface area contributed by atoms with Gasteiger partial charge >= 0.3 is 6.01 Å². The van der Waals surface area contributed by atoms with Crippen LogP contribution in [0.25, 0.3) is 22.0 Å². The zero-order valence-corrected chi connectivity index (χ0v) is 39.0. The van der Waals surface area contributed by atoms with Gasteiger partial charge in [0.25, 0.3) is 18.8 Å². The second-order valence-corrected chi connectivity index (χ2v) is 21.8. The van der Waals surface area contributed by atoms with Gasteiger partial charge in [-0.3, -0.25) is 19.5 Å². The maximum Gasteiger partial charge on any atom is 0.321 e. The van der Waals surface area contributed by atoms with E-state index in [4.69, 9.17) is 21.0 Å². The molecule has 70 heavy (non-hydrogen) atoms. The smallest absolute Gasteiger partial charge is 0.321 e. The highest BCUT2D eigenvalue weighted by atomic mass is 35.5. The molecule has 2 saturated carbocycles. The van der Waals surface area contributed by atoms with Crippen molar-refractivity contribution in [3.8, 4) is 23.0 Å². The number of nitrogens with zero attached hydrogens (tertiary/aromatic N) is 7. The van der Waals surface area contributed by atoms with Gasteiger partial charge in [-0.15, -0.1) is 5.10 Å². The topological polar surface area (TPSA) is 183 Å². The second kappa shape index (κ2) is 17.6. The third-order valence-corrected chi connectivity index (χ3v) is 15.9. The van der Waals surface area contributed by atoms with Crippen molar-refractivity contribution >= 4 is 50.1 Å². The summed E-state index contributed by atoms with van der Waals surface area (Å²) in [4.78, 5) is 19.1. The monoisotopic (exact) mass is 1020 g/mol. The molecule has 0 radical (unpaired) electrons. The van der Waals surface area contributed by atoms with Crippen LogP contribution in [0.3, 0.4) is 0 Å². The number of amides is 1. The van der Waals surface area contributed by atoms with Gasteiger partial charge in [0, 0.05) is 28.7 Å². The number of rotatable bonds is 15. The Morgan fingerprint density at radius 2 is 1.66 bits per heavy atom. The molecule has 0 unspecified atom stereocenters. The van der Waals surface area contributed by atoms with E-state index in [2.05, 4.69) is 42.9 Å². The summed E-state index contributed by atoms with van der Waals surface area (Å²) in [7, 11) is -3.75. The quantitative estimate of drug-likeness (QED) is 0.0659. The van der Waals surface area contributed by atoms with Crippen molar-refractivity contribution in [1.29, 1.82) is 0 Å². The summed E-state index contributed by atoms with van der Waals surface area (Å²) in [5.41, 5.74) is -3.81. The maximum absolute atomic E-state index is 15.9. The fraction of sp³-hybridized carbons (Fsp3) is 0.435. The number of benzene rings is 2. The Balaban J connectivity index is 1.21. The number of carbonyl (C=O) groups is 1. The van der Waals surface area contributed by atoms with E-state index in [1.807, 2.05) is 0 Å². The molecule has 0 saturated heterocycles. The Kier molecular flexibility index (Phi) is 12.3. The van der Waals surface area contributed by atoms with Crippen LogP contribution in [0.1, 0.15) is 112 Å². The first-order valence-electron chi connectivity index (χ1n) is 21.9. The second-order valence-electron chi connectivity index (χ2n) is 18.6. The predicted octanol–water partition coefficient (Wildman–Crippen LogP) is 9.19. The standard InChI is InChI=1S/C46H42ClF8N9O5S/c1-44(2,70(67,68)25-6-7-25)14-13-24-5-8-26(27-10-12-30(47)35-38(27)63(19-32(50)51)62-41(35)58-43-60-59-42(69-43)45(3,4)66)36(56-24)31(17-21-15-22(48)18-23(49)16-21)57-33(65)20-64-39-34(37(61-64)40(52)53)28-9-11-29(28)46(39,54)55/h5,8,10,12,15-16,18,25,28-29,31-32,40,66H,6-7,9,11,17,19-20H2,1-4H3,(H,57,65)(H,58,60,62)/t28-,29+,31-/m0/s1. The molecule has 370 valence electrons. The SMILES string of the molecule is CC(C)(O)c1nnc(Nc2nn(CC(F)F)c3c(-c4ccc(C#CC(C)(C)S(=O)(=O)C5CC5)nc4[C@H](Cc4cc(F)cc(F)c4)NC(=O)Cn4nc(C(F)F)c5c4C(F)(F)[C@@H]4CC[C@H]54)ccc(Cl)c23)o1. The number of aromatic nitrogens is 7. The third-order valence-electron chi connectivity index (χ3n) is 12.7. The molecule has 3 aliphatic carbocycles. The van der Waals surface area contributed by atoms with Gasteiger partial charge in [-0.2, -0.15) is 19.0 Å². The lowest BCUT2D eigenvalue weighted by molar-refractivity contribution is -0.123. The fourth-order valence-electron chi connectivity index (χ4n) is 9.09. The molecule has 4 aromatic heterocycles. The summed E-state index contributed by atoms with van der Waals surface area (Å²) in [6.45, 7) is 3.57. The highest BCUT2D eigenvalue weighted by molar-refractivity contribution is 7.93. The van der Waals surface area contributed by atoms with E-state index in [0.29, 0.717) is 23.6 Å². The molecule has 3 aliphatic rings. The maximum atomic E-state index is 15.9. The number of pyridine rings is 1. The molecule has 0 bridgehead atoms. The van der Waals surface area contributed by atoms with E-state index in [1.165, 1.54) is 52.0 Å². The van der Waals surface area contributed by atoms with Crippen LogP contribution in [0.5, 0.6) is 0 Å². The normalized spacial score (nSPS) is 18.1. The lowest BCUT2D eigenvalue weighted by Crippen LogP contribution is -2.36. The summed E-state index contributed by atoms with van der Waals surface area (Å²) in [5.74, 6) is -3.66. The fourth-order valence-corrected chi connectivity index (χ4v) is 11.1. The van der Waals surface area contributed by atoms with Gasteiger partial charge in [0.15, 0.2) is 15.7 Å². The molecule has 3 atom stereocenters. The minimum Gasteiger partial charge on any atom is -0.405 e. The zero-order chi connectivity index (χ0) is 50.4. The molecular formula is C46H42ClF8N9O5S. The van der Waals surface area contributed by atoms with E-state index in [0.717, 1.165) is 16.8 Å². The van der Waals surface area contributed by atoms with Crippen LogP contribution in [0.2, 0.25) is 5.02 Å². The predicted molar refractivity (Wildman–Crippen MR) is 237 cm³/mol. The summed E-state index contributed by atoms with van der Waals surface area (Å²) < 4.78 is 151. The molecule has 0 spiro atoms. The van der Waals surface area contributed by atoms with E-state index >= 15 is 8.78 Å². The molecule has 3 N–H and O–H groups in total. The first kappa shape index (κ1) is 48.9. The Bertz CT molecular complexity index is 3230. The summed E-state index contributed by atoms with van der Waals surface area (Å²) >= 11 is 6.77. The van der Waals surface area contributed by atoms with Crippen molar-refractivity contribution in [2.24, 2.45) is 5.92 Å². The van der Waals surface area contributed by atoms with Gasteiger partial charge in [-0.1, -0.05) is 28.7 Å². The molecular weight excluding hydrogens is 978 g/mol. The van der Waals surface area contributed by atoms with Crippen LogP contribution in [0.4, 0.5) is 47.0 Å². The summed E-state index contributed by atoms with van der Waals surface area (Å²) in [6, 6.07) is 6.30. The van der Waals surface area contributed by atoms with E-state index < -0.39 is 111 Å². The minimum absolute atomic E-state index is 0.0229. The average molecular weight is 1020 g/mol. The summed E-state index contributed by atoms with van der Waals surface area (Å²) in [5, 5.41) is 31.1. The average Bonchev–Trinajstić information content (AvgIpc) is 3.68. The molecule has 6 aromatic rings. The number of nitrogens with one attached hydrogen (secondary N) is 2. The highest BCUT2D eigenvalue weighted by Crippen LogP contribution is 2.63. The molecule has 9 rings (SSSR count). The number of anilines is 2. The lowest BCUT2D eigenvalue weighted by Gasteiger charge is -2.34. The number of halogens is 9. The van der Waals surface area contributed by atoms with Gasteiger partial charge in [0.1, 0.15) is 52.2 Å². The van der Waals surface area contributed by atoms with Crippen LogP contribution < -0.4 is 10.6 Å². The van der Waals surface area contributed by atoms with Gasteiger partial charge < -0.3 is 14.8 Å². The zero-order valence-electron chi connectivity index (χ0n) is 37.5. The van der Waals surface area contributed by atoms with E-state index in [-0.39, 0.29) is 80.1 Å². The Labute approximate surface area is 399 Å². The van der Waals surface area contributed by atoms with Gasteiger partial charge in [-0.05, 0) is 108 Å². The molecule has 14 nitrogen and oxygen atoms in total. The Hall–Kier alpha value is -6.12. The first-order chi connectivity index (χ1) is 32.8. The molecule has 2 aromatic carbocycles. The molecule has 1 amide bonds. The minimum atomic E-state index is -3.75. The van der Waals surface area contributed by atoms with Crippen LogP contribution >= 0.6 is 11.6 Å². The number of sulfone groups is 1. The van der Waals surface area contributed by atoms with Crippen LogP contribution in [-0.4, -0.2) is 70.6 Å². The van der Waals surface area contributed by atoms with E-state index in [9.17, 15) is 44.7 Å². The van der Waals surface area contributed by atoms with Crippen molar-refractivity contribution in [1.82, 2.24) is 40.1 Å². The number of fused-ring (bicyclic) bond motifs is 4. The highest BCUT2D eigenvalue weighted by Gasteiger charge is 2.62. The van der Waals surface area contributed by atoms with Gasteiger partial charge in [-0.25, -0.2) is 39.7 Å². The molecule has 2 fully saturated rings. The summed E-state index contributed by atoms with van der Waals surface area (Å²) in [6.07, 6.45) is -5.53. The van der Waals surface area contributed by atoms with Gasteiger partial charge in [0.05, 0.1) is 32.9 Å². The number of alkyl halides is 6. The van der Waals surface area contributed by atoms with Crippen molar-refractivity contribution in [3.05, 3.63) is 98.9 Å². The number of carbonyl (C=O) groups excluding carboxylic acids is 1. The number of aliphatic hydroxyl groups is 1. The van der Waals surface area contributed by atoms with Gasteiger partial charge in [0.2, 0.25) is 11.8 Å². The van der Waals surface area contributed by atoms with Crippen LogP contribution in [-0.2, 0) is 45.7 Å². The number of hydrogen-bond acceptors (Lipinski definition) is 11. The van der Waals surface area contributed by atoms with E-state index in [1.54, 1.807) is 0 Å². The molecule has 4 heterocycles. The first-order valence-corrected chi connectivity index (χ1v) is 23.9. The lowest BCUT2D eigenvalue weighted by atomic mass is 9.73. The van der Waals surface area contributed by atoms with Crippen molar-refractivity contribution in [2.45, 2.75) is 119 Å². The Morgan fingerprint density at radius 1 is 0.957 bits per heavy atom. The number of hydrogen-bond donors (Lipinski definition) is 3. The molecule has 0 aliphatic heterocycles. The largest absolute Gasteiger partial charge is 0.405 e. The van der Waals surface area contributed by atoms with Crippen molar-refractivity contribution < 1.29 is 57.9 Å². The van der Waals surface area contributed by atoms with Crippen LogP contribution in [0, 0.1) is 29.4 Å². The van der Waals surface area contributed by atoms with Crippen molar-refractivity contribution in [3.63, 3.8) is 0 Å². The Morgan fingerprint density at radius 3 is 2.27 bits per heavy atom.